The number of halogens is 1. The van der Waals surface area contributed by atoms with Crippen LogP contribution in [-0.4, -0.2) is 67.6 Å². The highest BCUT2D eigenvalue weighted by Crippen LogP contribution is 2.23. The number of methoxy groups -OCH3 is 2. The summed E-state index contributed by atoms with van der Waals surface area (Å²) in [7, 11) is 6.54. The number of benzene rings is 1. The van der Waals surface area contributed by atoms with Gasteiger partial charge in [0.15, 0.2) is 5.96 Å². The maximum Gasteiger partial charge on any atom is 0.341 e. The molecule has 3 rings (SSSR count). The number of aromatic nitrogens is 2. The molecule has 1 aliphatic heterocycles. The predicted molar refractivity (Wildman–Crippen MR) is 123 cm³/mol. The second-order valence-corrected chi connectivity index (χ2v) is 6.68. The number of ether oxygens (including phenoxy) is 3. The molecule has 1 aromatic carbocycles. The van der Waals surface area contributed by atoms with E-state index in [1.807, 2.05) is 31.6 Å². The van der Waals surface area contributed by atoms with Crippen LogP contribution in [0.5, 0.6) is 5.75 Å². The molecule has 1 fully saturated rings. The van der Waals surface area contributed by atoms with Crippen LogP contribution in [0.25, 0.3) is 0 Å². The fourth-order valence-corrected chi connectivity index (χ4v) is 3.29. The van der Waals surface area contributed by atoms with Crippen molar-refractivity contribution in [3.05, 3.63) is 47.3 Å². The number of nitrogens with one attached hydrogen (secondary N) is 1. The number of nitrogens with zero attached hydrogens (tertiary/aromatic N) is 4. The van der Waals surface area contributed by atoms with E-state index < -0.39 is 5.97 Å². The highest BCUT2D eigenvalue weighted by molar-refractivity contribution is 14.0. The minimum Gasteiger partial charge on any atom is -0.496 e. The minimum atomic E-state index is -0.424. The quantitative estimate of drug-likeness (QED) is 0.274. The molecule has 0 radical (unpaired) electrons. The summed E-state index contributed by atoms with van der Waals surface area (Å²) in [4.78, 5) is 18.4. The van der Waals surface area contributed by atoms with Gasteiger partial charge in [0.2, 0.25) is 0 Å². The molecule has 0 bridgehead atoms. The molecular formula is C20H28IN5O4. The van der Waals surface area contributed by atoms with E-state index in [1.54, 1.807) is 17.8 Å². The molecule has 2 aromatic rings. The first-order valence-electron chi connectivity index (χ1n) is 9.36. The van der Waals surface area contributed by atoms with Gasteiger partial charge < -0.3 is 24.4 Å². The third-order valence-corrected chi connectivity index (χ3v) is 4.80. The topological polar surface area (TPSA) is 90.2 Å². The number of aryl methyl sites for hydroxylation is 1. The zero-order valence-corrected chi connectivity index (χ0v) is 20.0. The zero-order valence-electron chi connectivity index (χ0n) is 17.6. The number of aliphatic imine (C=N–C) groups is 1. The summed E-state index contributed by atoms with van der Waals surface area (Å²) in [6, 6.07) is 5.40. The van der Waals surface area contributed by atoms with E-state index in [0.29, 0.717) is 31.0 Å². The van der Waals surface area contributed by atoms with Gasteiger partial charge in [-0.3, -0.25) is 9.67 Å². The Labute approximate surface area is 193 Å². The van der Waals surface area contributed by atoms with Crippen LogP contribution in [0.2, 0.25) is 0 Å². The van der Waals surface area contributed by atoms with Gasteiger partial charge in [-0.15, -0.1) is 24.0 Å². The number of carbonyl (C=O) groups is 1. The smallest absolute Gasteiger partial charge is 0.341 e. The Bertz CT molecular complexity index is 886. The van der Waals surface area contributed by atoms with Gasteiger partial charge in [0, 0.05) is 38.9 Å². The summed E-state index contributed by atoms with van der Waals surface area (Å²) in [5, 5.41) is 7.60. The second kappa shape index (κ2) is 11.2. The lowest BCUT2D eigenvalue weighted by molar-refractivity contribution is -0.00805. The summed E-state index contributed by atoms with van der Waals surface area (Å²) < 4.78 is 17.8. The number of hydrogen-bond donors (Lipinski definition) is 1. The zero-order chi connectivity index (χ0) is 20.8. The molecule has 1 unspecified atom stereocenters. The number of morpholine rings is 1. The molecule has 1 aromatic heterocycles. The van der Waals surface area contributed by atoms with E-state index >= 15 is 0 Å². The van der Waals surface area contributed by atoms with Crippen molar-refractivity contribution in [2.75, 3.05) is 41.0 Å². The number of guanidine groups is 1. The fraction of sp³-hybridized carbons (Fsp3) is 0.450. The fourth-order valence-electron chi connectivity index (χ4n) is 3.29. The van der Waals surface area contributed by atoms with E-state index in [0.717, 1.165) is 23.6 Å². The molecule has 1 atom stereocenters. The van der Waals surface area contributed by atoms with Crippen LogP contribution in [0, 0.1) is 0 Å². The average Bonchev–Trinajstić information content (AvgIpc) is 3.20. The largest absolute Gasteiger partial charge is 0.496 e. The molecule has 0 saturated carbocycles. The molecule has 164 valence electrons. The van der Waals surface area contributed by atoms with Gasteiger partial charge in [0.25, 0.3) is 0 Å². The van der Waals surface area contributed by atoms with Crippen LogP contribution in [0.3, 0.4) is 0 Å². The molecule has 1 saturated heterocycles. The van der Waals surface area contributed by atoms with Crippen LogP contribution < -0.4 is 10.1 Å². The Morgan fingerprint density at radius 1 is 1.40 bits per heavy atom. The first-order valence-corrected chi connectivity index (χ1v) is 9.36. The van der Waals surface area contributed by atoms with Gasteiger partial charge in [-0.1, -0.05) is 6.07 Å². The Balaban J connectivity index is 0.00000320. The standard InChI is InChI=1S/C20H27N5O4.HI/c1-21-20(25-7-8-29-18(13-25)15-11-23-24(2)12-15)22-10-14-5-6-16(19(26)28-4)17(9-14)27-3;/h5-6,9,11-12,18H,7-8,10,13H2,1-4H3,(H,21,22);1H. The van der Waals surface area contributed by atoms with E-state index in [1.165, 1.54) is 14.2 Å². The molecule has 0 spiro atoms. The van der Waals surface area contributed by atoms with Crippen LogP contribution in [0.15, 0.2) is 35.6 Å². The van der Waals surface area contributed by atoms with E-state index in [-0.39, 0.29) is 30.1 Å². The van der Waals surface area contributed by atoms with Gasteiger partial charge in [-0.2, -0.15) is 5.10 Å². The first-order chi connectivity index (χ1) is 14.0. The van der Waals surface area contributed by atoms with Crippen LogP contribution in [0.1, 0.15) is 27.6 Å². The number of hydrogen-bond acceptors (Lipinski definition) is 6. The lowest BCUT2D eigenvalue weighted by atomic mass is 10.1. The SMILES string of the molecule is CN=C(NCc1ccc(C(=O)OC)c(OC)c1)N1CCOC(c2cnn(C)c2)C1.I. The summed E-state index contributed by atoms with van der Waals surface area (Å²) in [5.74, 6) is 0.847. The van der Waals surface area contributed by atoms with E-state index in [9.17, 15) is 4.79 Å². The summed E-state index contributed by atoms with van der Waals surface area (Å²) >= 11 is 0. The molecule has 1 aliphatic rings. The third kappa shape index (κ3) is 5.63. The van der Waals surface area contributed by atoms with Gasteiger partial charge in [0.05, 0.1) is 33.6 Å². The Morgan fingerprint density at radius 3 is 2.83 bits per heavy atom. The van der Waals surface area contributed by atoms with Crippen LogP contribution >= 0.6 is 24.0 Å². The van der Waals surface area contributed by atoms with E-state index in [2.05, 4.69) is 20.3 Å². The maximum absolute atomic E-state index is 11.8. The molecule has 0 aliphatic carbocycles. The number of carbonyl (C=O) groups excluding carboxylic acids is 1. The van der Waals surface area contributed by atoms with Crippen LogP contribution in [-0.2, 0) is 23.1 Å². The lowest BCUT2D eigenvalue weighted by Gasteiger charge is -2.34. The lowest BCUT2D eigenvalue weighted by Crippen LogP contribution is -2.47. The normalized spacial score (nSPS) is 16.6. The van der Waals surface area contributed by atoms with Crippen molar-refractivity contribution in [2.45, 2.75) is 12.6 Å². The Kier molecular flexibility index (Phi) is 8.90. The minimum absolute atomic E-state index is 0. The van der Waals surface area contributed by atoms with Crippen molar-refractivity contribution in [1.29, 1.82) is 0 Å². The van der Waals surface area contributed by atoms with Crippen molar-refractivity contribution in [1.82, 2.24) is 20.0 Å². The highest BCUT2D eigenvalue weighted by Gasteiger charge is 2.25. The van der Waals surface area contributed by atoms with Crippen molar-refractivity contribution in [3.8, 4) is 5.75 Å². The van der Waals surface area contributed by atoms with Crippen molar-refractivity contribution in [3.63, 3.8) is 0 Å². The molecule has 0 amide bonds. The molecule has 2 heterocycles. The van der Waals surface area contributed by atoms with Gasteiger partial charge in [-0.25, -0.2) is 4.79 Å². The third-order valence-electron chi connectivity index (χ3n) is 4.80. The van der Waals surface area contributed by atoms with Crippen LogP contribution in [0.4, 0.5) is 0 Å². The van der Waals surface area contributed by atoms with Crippen molar-refractivity contribution < 1.29 is 19.0 Å². The average molecular weight is 529 g/mol. The first kappa shape index (κ1) is 23.9. The molecule has 1 N–H and O–H groups in total. The number of esters is 1. The summed E-state index contributed by atoms with van der Waals surface area (Å²) in [5.41, 5.74) is 2.42. The summed E-state index contributed by atoms with van der Waals surface area (Å²) in [6.45, 7) is 2.60. The molecule has 10 heteroatoms. The maximum atomic E-state index is 11.8. The second-order valence-electron chi connectivity index (χ2n) is 6.68. The molecule has 9 nitrogen and oxygen atoms in total. The summed E-state index contributed by atoms with van der Waals surface area (Å²) in [6.07, 6.45) is 3.76. The molecule has 30 heavy (non-hydrogen) atoms. The van der Waals surface area contributed by atoms with Gasteiger partial charge in [-0.05, 0) is 17.7 Å². The van der Waals surface area contributed by atoms with Gasteiger partial charge in [0.1, 0.15) is 17.4 Å². The van der Waals surface area contributed by atoms with Crippen molar-refractivity contribution in [2.24, 2.45) is 12.0 Å². The monoisotopic (exact) mass is 529 g/mol. The Morgan fingerprint density at radius 2 is 2.20 bits per heavy atom. The highest BCUT2D eigenvalue weighted by atomic mass is 127. The van der Waals surface area contributed by atoms with Crippen molar-refractivity contribution >= 4 is 35.9 Å². The van der Waals surface area contributed by atoms with E-state index in [4.69, 9.17) is 14.2 Å². The van der Waals surface area contributed by atoms with Gasteiger partial charge >= 0.3 is 5.97 Å². The number of rotatable bonds is 5. The predicted octanol–water partition coefficient (Wildman–Crippen LogP) is 1.98. The Hall–Kier alpha value is -2.34. The molecular weight excluding hydrogens is 501 g/mol.